The van der Waals surface area contributed by atoms with E-state index in [0.717, 1.165) is 17.2 Å². The summed E-state index contributed by atoms with van der Waals surface area (Å²) < 4.78 is 8.97. The van der Waals surface area contributed by atoms with Crippen molar-refractivity contribution in [2.45, 2.75) is 32.6 Å². The lowest BCUT2D eigenvalue weighted by molar-refractivity contribution is 0.0868. The Morgan fingerprint density at radius 2 is 2.16 bits per heavy atom. The van der Waals surface area contributed by atoms with Gasteiger partial charge in [-0.05, 0) is 18.0 Å². The first-order valence-corrected chi connectivity index (χ1v) is 7.03. The van der Waals surface area contributed by atoms with Crippen LogP contribution in [0, 0.1) is 0 Å². The zero-order valence-electron chi connectivity index (χ0n) is 11.6. The molecule has 0 aliphatic carbocycles. The SMILES string of the molecule is CC(C)(C)c1nnsc1C(=O)NCCCOCCO. The van der Waals surface area contributed by atoms with Crippen LogP contribution in [0.25, 0.3) is 0 Å². The number of aliphatic hydroxyl groups excluding tert-OH is 1. The van der Waals surface area contributed by atoms with Gasteiger partial charge in [-0.3, -0.25) is 4.79 Å². The van der Waals surface area contributed by atoms with Gasteiger partial charge in [-0.25, -0.2) is 0 Å². The molecule has 0 radical (unpaired) electrons. The molecule has 0 aromatic carbocycles. The van der Waals surface area contributed by atoms with Crippen molar-refractivity contribution in [1.82, 2.24) is 14.9 Å². The van der Waals surface area contributed by atoms with Crippen molar-refractivity contribution in [1.29, 1.82) is 0 Å². The van der Waals surface area contributed by atoms with Gasteiger partial charge in [0.1, 0.15) is 4.88 Å². The minimum absolute atomic E-state index is 0.0217. The van der Waals surface area contributed by atoms with Gasteiger partial charge in [0.05, 0.1) is 18.9 Å². The molecule has 1 aromatic heterocycles. The molecule has 0 fully saturated rings. The van der Waals surface area contributed by atoms with Gasteiger partial charge in [0.2, 0.25) is 0 Å². The summed E-state index contributed by atoms with van der Waals surface area (Å²) in [6.45, 7) is 7.42. The summed E-state index contributed by atoms with van der Waals surface area (Å²) in [7, 11) is 0. The third-order valence-corrected chi connectivity index (χ3v) is 3.12. The van der Waals surface area contributed by atoms with Crippen LogP contribution in [0.1, 0.15) is 42.6 Å². The lowest BCUT2D eigenvalue weighted by Gasteiger charge is -2.16. The van der Waals surface area contributed by atoms with Gasteiger partial charge in [-0.15, -0.1) is 5.10 Å². The number of ether oxygens (including phenoxy) is 1. The van der Waals surface area contributed by atoms with Gasteiger partial charge in [0.15, 0.2) is 0 Å². The summed E-state index contributed by atoms with van der Waals surface area (Å²) in [5.41, 5.74) is 0.538. The van der Waals surface area contributed by atoms with Gasteiger partial charge in [0, 0.05) is 18.6 Å². The van der Waals surface area contributed by atoms with Crippen molar-refractivity contribution in [2.24, 2.45) is 0 Å². The number of aromatic nitrogens is 2. The number of nitrogens with one attached hydrogen (secondary N) is 1. The molecule has 1 aromatic rings. The maximum atomic E-state index is 12.0. The second-order valence-electron chi connectivity index (χ2n) is 5.15. The second-order valence-corrected chi connectivity index (χ2v) is 5.90. The maximum absolute atomic E-state index is 12.0. The van der Waals surface area contributed by atoms with Gasteiger partial charge in [-0.2, -0.15) is 0 Å². The van der Waals surface area contributed by atoms with Crippen LogP contribution in [-0.4, -0.2) is 47.0 Å². The highest BCUT2D eigenvalue weighted by Gasteiger charge is 2.25. The number of nitrogens with zero attached hydrogens (tertiary/aromatic N) is 2. The Morgan fingerprint density at radius 3 is 2.79 bits per heavy atom. The summed E-state index contributed by atoms with van der Waals surface area (Å²) in [6, 6.07) is 0. The van der Waals surface area contributed by atoms with Gasteiger partial charge in [0.25, 0.3) is 5.91 Å². The van der Waals surface area contributed by atoms with Gasteiger partial charge < -0.3 is 15.2 Å². The highest BCUT2D eigenvalue weighted by Crippen LogP contribution is 2.25. The first kappa shape index (κ1) is 16.0. The highest BCUT2D eigenvalue weighted by molar-refractivity contribution is 7.08. The molecule has 19 heavy (non-hydrogen) atoms. The Hall–Kier alpha value is -1.05. The number of carbonyl (C=O) groups is 1. The lowest BCUT2D eigenvalue weighted by atomic mass is 9.91. The van der Waals surface area contributed by atoms with Gasteiger partial charge >= 0.3 is 0 Å². The minimum Gasteiger partial charge on any atom is -0.394 e. The molecule has 0 spiro atoms. The van der Waals surface area contributed by atoms with Crippen LogP contribution in [0.3, 0.4) is 0 Å². The van der Waals surface area contributed by atoms with Crippen LogP contribution in [0.4, 0.5) is 0 Å². The van der Waals surface area contributed by atoms with E-state index >= 15 is 0 Å². The summed E-state index contributed by atoms with van der Waals surface area (Å²) in [6.07, 6.45) is 0.711. The van der Waals surface area contributed by atoms with E-state index in [1.165, 1.54) is 0 Å². The molecular weight excluding hydrogens is 266 g/mol. The largest absolute Gasteiger partial charge is 0.394 e. The Labute approximate surface area is 117 Å². The lowest BCUT2D eigenvalue weighted by Crippen LogP contribution is -2.27. The van der Waals surface area contributed by atoms with E-state index in [1.54, 1.807) is 0 Å². The predicted octanol–water partition coefficient (Wildman–Crippen LogP) is 0.964. The minimum atomic E-state index is -0.191. The van der Waals surface area contributed by atoms with Crippen LogP contribution in [0.5, 0.6) is 0 Å². The quantitative estimate of drug-likeness (QED) is 0.730. The maximum Gasteiger partial charge on any atom is 0.264 e. The molecule has 7 heteroatoms. The van der Waals surface area contributed by atoms with Crippen LogP contribution in [0.15, 0.2) is 0 Å². The summed E-state index contributed by atoms with van der Waals surface area (Å²) in [4.78, 5) is 12.6. The normalized spacial score (nSPS) is 11.6. The van der Waals surface area contributed by atoms with E-state index < -0.39 is 0 Å². The number of aliphatic hydroxyl groups is 1. The van der Waals surface area contributed by atoms with Crippen molar-refractivity contribution >= 4 is 17.4 Å². The summed E-state index contributed by atoms with van der Waals surface area (Å²) in [5, 5.41) is 15.4. The van der Waals surface area contributed by atoms with E-state index in [4.69, 9.17) is 9.84 Å². The monoisotopic (exact) mass is 287 g/mol. The van der Waals surface area contributed by atoms with Crippen molar-refractivity contribution in [3.05, 3.63) is 10.6 Å². The molecule has 0 aliphatic heterocycles. The zero-order chi connectivity index (χ0) is 14.3. The molecule has 0 bridgehead atoms. The average Bonchev–Trinajstić information content (AvgIpc) is 2.82. The van der Waals surface area contributed by atoms with Crippen molar-refractivity contribution < 1.29 is 14.6 Å². The number of hydrogen-bond acceptors (Lipinski definition) is 6. The van der Waals surface area contributed by atoms with E-state index in [2.05, 4.69) is 14.9 Å². The van der Waals surface area contributed by atoms with E-state index in [-0.39, 0.29) is 17.9 Å². The molecule has 0 unspecified atom stereocenters. The fourth-order valence-electron chi connectivity index (χ4n) is 1.45. The van der Waals surface area contributed by atoms with Crippen molar-refractivity contribution in [2.75, 3.05) is 26.4 Å². The first-order valence-electron chi connectivity index (χ1n) is 6.26. The second kappa shape index (κ2) is 7.52. The van der Waals surface area contributed by atoms with Crippen LogP contribution in [-0.2, 0) is 10.2 Å². The number of hydrogen-bond donors (Lipinski definition) is 2. The molecule has 0 aliphatic rings. The molecule has 1 rings (SSSR count). The van der Waals surface area contributed by atoms with E-state index in [1.807, 2.05) is 20.8 Å². The Balaban J connectivity index is 2.40. The zero-order valence-corrected chi connectivity index (χ0v) is 12.4. The Morgan fingerprint density at radius 1 is 1.42 bits per heavy atom. The standard InChI is InChI=1S/C12H21N3O3S/c1-12(2,3)10-9(19-15-14-10)11(17)13-5-4-7-18-8-6-16/h16H,4-8H2,1-3H3,(H,13,17). The molecule has 6 nitrogen and oxygen atoms in total. The Bertz CT molecular complexity index is 401. The van der Waals surface area contributed by atoms with Crippen molar-refractivity contribution in [3.8, 4) is 0 Å². The van der Waals surface area contributed by atoms with Crippen molar-refractivity contribution in [3.63, 3.8) is 0 Å². The van der Waals surface area contributed by atoms with Gasteiger partial charge in [-0.1, -0.05) is 25.3 Å². The molecule has 1 amide bonds. The topological polar surface area (TPSA) is 84.3 Å². The predicted molar refractivity (Wildman–Crippen MR) is 73.5 cm³/mol. The molecule has 0 saturated carbocycles. The molecular formula is C12H21N3O3S. The molecule has 1 heterocycles. The van der Waals surface area contributed by atoms with Crippen LogP contribution < -0.4 is 5.32 Å². The third kappa shape index (κ3) is 5.22. The Kier molecular flexibility index (Phi) is 6.33. The van der Waals surface area contributed by atoms with Crippen LogP contribution >= 0.6 is 11.5 Å². The highest BCUT2D eigenvalue weighted by atomic mass is 32.1. The third-order valence-electron chi connectivity index (χ3n) is 2.39. The van der Waals surface area contributed by atoms with E-state index in [0.29, 0.717) is 31.1 Å². The number of rotatable bonds is 7. The summed E-state index contributed by atoms with van der Waals surface area (Å²) in [5.74, 6) is -0.137. The first-order chi connectivity index (χ1) is 8.96. The average molecular weight is 287 g/mol. The molecule has 0 atom stereocenters. The fraction of sp³-hybridized carbons (Fsp3) is 0.750. The fourth-order valence-corrected chi connectivity index (χ4v) is 2.25. The van der Waals surface area contributed by atoms with E-state index in [9.17, 15) is 4.79 Å². The molecule has 0 saturated heterocycles. The summed E-state index contributed by atoms with van der Waals surface area (Å²) >= 11 is 1.12. The molecule has 2 N–H and O–H groups in total. The van der Waals surface area contributed by atoms with Crippen LogP contribution in [0.2, 0.25) is 0 Å². The smallest absolute Gasteiger partial charge is 0.264 e. The number of amides is 1. The molecule has 108 valence electrons. The number of carbonyl (C=O) groups excluding carboxylic acids is 1.